The minimum absolute atomic E-state index is 0. The van der Waals surface area contributed by atoms with E-state index in [-0.39, 0.29) is 23.0 Å². The molecular formula is C8H16BrNO2. The predicted octanol–water partition coefficient (Wildman–Crippen LogP) is -2.57. The molecule has 0 aromatic rings. The van der Waals surface area contributed by atoms with Crippen molar-refractivity contribution in [2.24, 2.45) is 0 Å². The first-order valence-electron chi connectivity index (χ1n) is 3.50. The number of esters is 1. The zero-order valence-electron chi connectivity index (χ0n) is 8.00. The predicted molar refractivity (Wildman–Crippen MR) is 44.1 cm³/mol. The lowest BCUT2D eigenvalue weighted by molar-refractivity contribution is -0.864. The molecule has 0 fully saturated rings. The fourth-order valence-corrected chi connectivity index (χ4v) is 0.533. The Morgan fingerprint density at radius 1 is 1.42 bits per heavy atom. The second-order valence-electron chi connectivity index (χ2n) is 3.40. The summed E-state index contributed by atoms with van der Waals surface area (Å²) >= 11 is 0. The third-order valence-electron chi connectivity index (χ3n) is 1.11. The Morgan fingerprint density at radius 2 is 1.92 bits per heavy atom. The third-order valence-corrected chi connectivity index (χ3v) is 1.11. The van der Waals surface area contributed by atoms with Gasteiger partial charge in [0.1, 0.15) is 0 Å². The SMILES string of the molecule is COC(=O)/C=C/C[N+](C)(C)C.[Br-]. The smallest absolute Gasteiger partial charge is 0.330 e. The quantitative estimate of drug-likeness (QED) is 0.307. The van der Waals surface area contributed by atoms with E-state index in [1.54, 1.807) is 0 Å². The van der Waals surface area contributed by atoms with Crippen LogP contribution in [0.3, 0.4) is 0 Å². The average Bonchev–Trinajstić information content (AvgIpc) is 1.85. The van der Waals surface area contributed by atoms with Gasteiger partial charge >= 0.3 is 5.97 Å². The second kappa shape index (κ2) is 6.20. The van der Waals surface area contributed by atoms with Crippen molar-refractivity contribution < 1.29 is 31.0 Å². The van der Waals surface area contributed by atoms with Gasteiger partial charge < -0.3 is 26.2 Å². The molecule has 0 bridgehead atoms. The molecule has 0 rings (SSSR count). The maximum Gasteiger partial charge on any atom is 0.330 e. The summed E-state index contributed by atoms with van der Waals surface area (Å²) in [7, 11) is 7.55. The van der Waals surface area contributed by atoms with Gasteiger partial charge in [-0.1, -0.05) is 0 Å². The van der Waals surface area contributed by atoms with Crippen LogP contribution in [0.25, 0.3) is 0 Å². The Kier molecular flexibility index (Phi) is 7.33. The van der Waals surface area contributed by atoms with Crippen molar-refractivity contribution in [1.82, 2.24) is 0 Å². The average molecular weight is 238 g/mol. The van der Waals surface area contributed by atoms with Gasteiger partial charge in [-0.2, -0.15) is 0 Å². The first-order chi connectivity index (χ1) is 4.95. The van der Waals surface area contributed by atoms with Gasteiger partial charge in [0.05, 0.1) is 34.8 Å². The number of hydrogen-bond acceptors (Lipinski definition) is 2. The molecule has 12 heavy (non-hydrogen) atoms. The Balaban J connectivity index is 0. The summed E-state index contributed by atoms with van der Waals surface area (Å²) in [4.78, 5) is 10.6. The molecule has 0 N–H and O–H groups in total. The summed E-state index contributed by atoms with van der Waals surface area (Å²) in [5.74, 6) is -0.293. The van der Waals surface area contributed by atoms with E-state index in [1.807, 2.05) is 6.08 Å². The molecule has 0 unspecified atom stereocenters. The van der Waals surface area contributed by atoms with Crippen LogP contribution in [-0.4, -0.2) is 45.2 Å². The van der Waals surface area contributed by atoms with Crippen molar-refractivity contribution in [1.29, 1.82) is 0 Å². The van der Waals surface area contributed by atoms with Crippen LogP contribution in [0.15, 0.2) is 12.2 Å². The standard InChI is InChI=1S/C8H16NO2.BrH/c1-9(2,3)7-5-6-8(10)11-4;/h5-6H,7H2,1-4H3;1H/q+1;/p-1/b6-5+;. The van der Waals surface area contributed by atoms with Gasteiger partial charge in [0.25, 0.3) is 0 Å². The van der Waals surface area contributed by atoms with Crippen LogP contribution in [-0.2, 0) is 9.53 Å². The van der Waals surface area contributed by atoms with Crippen molar-refractivity contribution in [3.8, 4) is 0 Å². The van der Waals surface area contributed by atoms with Crippen molar-refractivity contribution in [3.63, 3.8) is 0 Å². The maximum atomic E-state index is 10.6. The maximum absolute atomic E-state index is 10.6. The summed E-state index contributed by atoms with van der Waals surface area (Å²) in [6, 6.07) is 0. The molecule has 0 spiro atoms. The van der Waals surface area contributed by atoms with E-state index in [0.29, 0.717) is 0 Å². The molecule has 0 aromatic heterocycles. The van der Waals surface area contributed by atoms with Crippen molar-refractivity contribution in [2.75, 3.05) is 34.8 Å². The van der Waals surface area contributed by atoms with Crippen LogP contribution in [0.4, 0.5) is 0 Å². The van der Waals surface area contributed by atoms with Crippen LogP contribution in [0, 0.1) is 0 Å². The van der Waals surface area contributed by atoms with Crippen molar-refractivity contribution >= 4 is 5.97 Å². The fourth-order valence-electron chi connectivity index (χ4n) is 0.533. The van der Waals surface area contributed by atoms with E-state index in [0.717, 1.165) is 11.0 Å². The zero-order chi connectivity index (χ0) is 8.91. The summed E-state index contributed by atoms with van der Waals surface area (Å²) in [6.45, 7) is 0.828. The van der Waals surface area contributed by atoms with E-state index < -0.39 is 0 Å². The number of rotatable bonds is 3. The molecule has 0 amide bonds. The third kappa shape index (κ3) is 9.65. The van der Waals surface area contributed by atoms with E-state index in [4.69, 9.17) is 0 Å². The number of carbonyl (C=O) groups is 1. The second-order valence-corrected chi connectivity index (χ2v) is 3.40. The Labute approximate surface area is 84.4 Å². The van der Waals surface area contributed by atoms with Crippen LogP contribution < -0.4 is 17.0 Å². The highest BCUT2D eigenvalue weighted by Crippen LogP contribution is 1.89. The van der Waals surface area contributed by atoms with E-state index in [2.05, 4.69) is 25.9 Å². The monoisotopic (exact) mass is 237 g/mol. The Bertz CT molecular complexity index is 161. The van der Waals surface area contributed by atoms with Gasteiger partial charge in [-0.15, -0.1) is 0 Å². The van der Waals surface area contributed by atoms with Crippen molar-refractivity contribution in [3.05, 3.63) is 12.2 Å². The molecule has 0 atom stereocenters. The van der Waals surface area contributed by atoms with Gasteiger partial charge in [0, 0.05) is 6.08 Å². The van der Waals surface area contributed by atoms with E-state index >= 15 is 0 Å². The number of methoxy groups -OCH3 is 1. The lowest BCUT2D eigenvalue weighted by Gasteiger charge is -2.21. The number of hydrogen-bond donors (Lipinski definition) is 0. The Hall–Kier alpha value is -0.350. The summed E-state index contributed by atoms with van der Waals surface area (Å²) in [6.07, 6.45) is 3.26. The highest BCUT2D eigenvalue weighted by Gasteiger charge is 2.02. The molecule has 0 saturated heterocycles. The number of likely N-dealkylation sites (N-methyl/N-ethyl adjacent to an activating group) is 1. The molecule has 0 aliphatic carbocycles. The van der Waals surface area contributed by atoms with E-state index in [9.17, 15) is 4.79 Å². The summed E-state index contributed by atoms with van der Waals surface area (Å²) in [5, 5.41) is 0. The molecular weight excluding hydrogens is 222 g/mol. The number of carbonyl (C=O) groups excluding carboxylic acids is 1. The van der Waals surface area contributed by atoms with Crippen molar-refractivity contribution in [2.45, 2.75) is 0 Å². The molecule has 0 saturated carbocycles. The lowest BCUT2D eigenvalue weighted by atomic mass is 10.4. The van der Waals surface area contributed by atoms with Crippen LogP contribution in [0.5, 0.6) is 0 Å². The molecule has 0 aromatic carbocycles. The first-order valence-corrected chi connectivity index (χ1v) is 3.50. The number of ether oxygens (including phenoxy) is 1. The Morgan fingerprint density at radius 3 is 2.25 bits per heavy atom. The van der Waals surface area contributed by atoms with Gasteiger partial charge in [0.2, 0.25) is 0 Å². The first kappa shape index (κ1) is 14.2. The molecule has 0 radical (unpaired) electrons. The molecule has 0 aliphatic heterocycles. The van der Waals surface area contributed by atoms with Crippen LogP contribution >= 0.6 is 0 Å². The number of nitrogens with zero attached hydrogens (tertiary/aromatic N) is 1. The normalized spacial score (nSPS) is 11.0. The highest BCUT2D eigenvalue weighted by molar-refractivity contribution is 5.81. The van der Waals surface area contributed by atoms with Gasteiger partial charge in [0.15, 0.2) is 0 Å². The fraction of sp³-hybridized carbons (Fsp3) is 0.625. The topological polar surface area (TPSA) is 26.3 Å². The van der Waals surface area contributed by atoms with Gasteiger partial charge in [-0.05, 0) is 6.08 Å². The van der Waals surface area contributed by atoms with E-state index in [1.165, 1.54) is 13.2 Å². The minimum atomic E-state index is -0.293. The van der Waals surface area contributed by atoms with Crippen LogP contribution in [0.1, 0.15) is 0 Å². The number of quaternary nitrogens is 1. The summed E-state index contributed by atoms with van der Waals surface area (Å²) < 4.78 is 5.25. The molecule has 0 aliphatic rings. The molecule has 72 valence electrons. The highest BCUT2D eigenvalue weighted by atomic mass is 79.9. The van der Waals surface area contributed by atoms with Gasteiger partial charge in [-0.3, -0.25) is 0 Å². The lowest BCUT2D eigenvalue weighted by Crippen LogP contribution is -3.00. The molecule has 4 heteroatoms. The molecule has 0 heterocycles. The minimum Gasteiger partial charge on any atom is -1.00 e. The van der Waals surface area contributed by atoms with Crippen LogP contribution in [0.2, 0.25) is 0 Å². The zero-order valence-corrected chi connectivity index (χ0v) is 9.59. The summed E-state index contributed by atoms with van der Waals surface area (Å²) in [5.41, 5.74) is 0. The largest absolute Gasteiger partial charge is 1.00 e. The van der Waals surface area contributed by atoms with Gasteiger partial charge in [-0.25, -0.2) is 4.79 Å². The number of halogens is 1. The molecule has 3 nitrogen and oxygen atoms in total.